The maximum Gasteiger partial charge on any atom is 0.182 e. The van der Waals surface area contributed by atoms with Gasteiger partial charge in [0.25, 0.3) is 0 Å². The van der Waals surface area contributed by atoms with Gasteiger partial charge in [0.05, 0.1) is 11.2 Å². The van der Waals surface area contributed by atoms with Gasteiger partial charge in [-0.25, -0.2) is 0 Å². The molecule has 1 aliphatic rings. The van der Waals surface area contributed by atoms with Crippen molar-refractivity contribution in [2.24, 2.45) is 5.92 Å². The molecule has 2 rings (SSSR count). The van der Waals surface area contributed by atoms with Gasteiger partial charge in [0.2, 0.25) is 0 Å². The van der Waals surface area contributed by atoms with E-state index in [-0.39, 0.29) is 11.8 Å². The number of ketones is 1. The van der Waals surface area contributed by atoms with Gasteiger partial charge in [0.15, 0.2) is 5.78 Å². The van der Waals surface area contributed by atoms with Gasteiger partial charge in [-0.3, -0.25) is 9.48 Å². The Morgan fingerprint density at radius 3 is 2.88 bits per heavy atom. The Morgan fingerprint density at radius 2 is 2.38 bits per heavy atom. The highest BCUT2D eigenvalue weighted by Gasteiger charge is 2.25. The van der Waals surface area contributed by atoms with Crippen LogP contribution in [0.25, 0.3) is 0 Å². The molecule has 1 saturated heterocycles. The van der Waals surface area contributed by atoms with Crippen LogP contribution >= 0.6 is 11.6 Å². The molecule has 1 aromatic heterocycles. The fourth-order valence-corrected chi connectivity index (χ4v) is 2.08. The predicted molar refractivity (Wildman–Crippen MR) is 62.9 cm³/mol. The summed E-state index contributed by atoms with van der Waals surface area (Å²) in [5.74, 6) is 0.557. The first-order chi connectivity index (χ1) is 7.59. The van der Waals surface area contributed by atoms with E-state index in [2.05, 4.69) is 10.4 Å². The number of hydrogen-bond acceptors (Lipinski definition) is 3. The summed E-state index contributed by atoms with van der Waals surface area (Å²) in [6.07, 6.45) is 2.11. The molecule has 1 aromatic rings. The van der Waals surface area contributed by atoms with Crippen LogP contribution in [0.4, 0.5) is 0 Å². The molecule has 1 fully saturated rings. The van der Waals surface area contributed by atoms with E-state index >= 15 is 0 Å². The SMILES string of the molecule is CC(C)n1ncc(Cl)c1C(=O)CC1CNC1. The highest BCUT2D eigenvalue weighted by atomic mass is 35.5. The first-order valence-electron chi connectivity index (χ1n) is 5.56. The number of carbonyl (C=O) groups is 1. The van der Waals surface area contributed by atoms with E-state index in [4.69, 9.17) is 11.6 Å². The van der Waals surface area contributed by atoms with E-state index in [1.54, 1.807) is 10.9 Å². The minimum absolute atomic E-state index is 0.0997. The number of rotatable bonds is 4. The molecule has 5 heteroatoms. The number of hydrogen-bond donors (Lipinski definition) is 1. The summed E-state index contributed by atoms with van der Waals surface area (Å²) in [4.78, 5) is 12.1. The largest absolute Gasteiger partial charge is 0.316 e. The van der Waals surface area contributed by atoms with E-state index in [1.807, 2.05) is 13.8 Å². The van der Waals surface area contributed by atoms with Crippen molar-refractivity contribution >= 4 is 17.4 Å². The standard InChI is InChI=1S/C11H16ClN3O/c1-7(2)15-11(9(12)6-14-15)10(16)3-8-4-13-5-8/h6-8,13H,3-5H2,1-2H3. The third-order valence-electron chi connectivity index (χ3n) is 2.84. The summed E-state index contributed by atoms with van der Waals surface area (Å²) in [7, 11) is 0. The van der Waals surface area contributed by atoms with Crippen molar-refractivity contribution in [3.05, 3.63) is 16.9 Å². The van der Waals surface area contributed by atoms with Crippen LogP contribution in [0.5, 0.6) is 0 Å². The second-order valence-electron chi connectivity index (χ2n) is 4.53. The van der Waals surface area contributed by atoms with Crippen molar-refractivity contribution in [3.8, 4) is 0 Å². The Hall–Kier alpha value is -0.870. The van der Waals surface area contributed by atoms with Crippen molar-refractivity contribution in [3.63, 3.8) is 0 Å². The van der Waals surface area contributed by atoms with Crippen molar-refractivity contribution < 1.29 is 4.79 Å². The summed E-state index contributed by atoms with van der Waals surface area (Å²) in [5, 5.41) is 7.76. The third-order valence-corrected chi connectivity index (χ3v) is 3.12. The molecule has 2 heterocycles. The molecule has 0 radical (unpaired) electrons. The third kappa shape index (κ3) is 2.13. The summed E-state index contributed by atoms with van der Waals surface area (Å²) >= 11 is 6.01. The first-order valence-corrected chi connectivity index (χ1v) is 5.94. The number of carbonyl (C=O) groups excluding carboxylic acids is 1. The molecule has 4 nitrogen and oxygen atoms in total. The topological polar surface area (TPSA) is 46.9 Å². The number of nitrogens with zero attached hydrogens (tertiary/aromatic N) is 2. The zero-order valence-corrected chi connectivity index (χ0v) is 10.3. The van der Waals surface area contributed by atoms with Crippen LogP contribution in [-0.2, 0) is 0 Å². The monoisotopic (exact) mass is 241 g/mol. The predicted octanol–water partition coefficient (Wildman–Crippen LogP) is 1.91. The number of Topliss-reactive ketones (excluding diaryl/α,β-unsaturated/α-hetero) is 1. The first kappa shape index (κ1) is 11.6. The summed E-state index contributed by atoms with van der Waals surface area (Å²) in [6.45, 7) is 5.84. The van der Waals surface area contributed by atoms with Gasteiger partial charge >= 0.3 is 0 Å². The lowest BCUT2D eigenvalue weighted by Gasteiger charge is -2.26. The van der Waals surface area contributed by atoms with Crippen LogP contribution in [0.15, 0.2) is 6.20 Å². The maximum atomic E-state index is 12.1. The van der Waals surface area contributed by atoms with Gasteiger partial charge in [-0.2, -0.15) is 5.10 Å². The van der Waals surface area contributed by atoms with Gasteiger partial charge in [0.1, 0.15) is 5.69 Å². The van der Waals surface area contributed by atoms with Crippen molar-refractivity contribution in [2.75, 3.05) is 13.1 Å². The lowest BCUT2D eigenvalue weighted by molar-refractivity contribution is 0.0933. The smallest absolute Gasteiger partial charge is 0.182 e. The zero-order valence-electron chi connectivity index (χ0n) is 9.53. The quantitative estimate of drug-likeness (QED) is 0.820. The Balaban J connectivity index is 2.17. The van der Waals surface area contributed by atoms with E-state index in [0.717, 1.165) is 13.1 Å². The minimum Gasteiger partial charge on any atom is -0.316 e. The molecule has 0 bridgehead atoms. The van der Waals surface area contributed by atoms with Crippen LogP contribution in [0.3, 0.4) is 0 Å². The Labute approximate surface area is 100.0 Å². The Morgan fingerprint density at radius 1 is 1.69 bits per heavy atom. The van der Waals surface area contributed by atoms with E-state index < -0.39 is 0 Å². The summed E-state index contributed by atoms with van der Waals surface area (Å²) < 4.78 is 1.71. The zero-order chi connectivity index (χ0) is 11.7. The molecular formula is C11H16ClN3O. The summed E-state index contributed by atoms with van der Waals surface area (Å²) in [5.41, 5.74) is 0.559. The molecule has 0 saturated carbocycles. The average Bonchev–Trinajstić information content (AvgIpc) is 2.53. The number of halogens is 1. The Kier molecular flexibility index (Phi) is 3.30. The van der Waals surface area contributed by atoms with E-state index in [9.17, 15) is 4.79 Å². The maximum absolute atomic E-state index is 12.1. The fourth-order valence-electron chi connectivity index (χ4n) is 1.85. The van der Waals surface area contributed by atoms with Crippen LogP contribution < -0.4 is 5.32 Å². The van der Waals surface area contributed by atoms with Crippen LogP contribution in [0.2, 0.25) is 5.02 Å². The molecule has 0 aliphatic carbocycles. The second kappa shape index (κ2) is 4.55. The van der Waals surface area contributed by atoms with Crippen molar-refractivity contribution in [1.82, 2.24) is 15.1 Å². The van der Waals surface area contributed by atoms with Crippen LogP contribution in [0, 0.1) is 5.92 Å². The number of nitrogens with one attached hydrogen (secondary N) is 1. The molecule has 0 amide bonds. The normalized spacial score (nSPS) is 16.5. The molecule has 16 heavy (non-hydrogen) atoms. The number of aromatic nitrogens is 2. The molecule has 88 valence electrons. The lowest BCUT2D eigenvalue weighted by Crippen LogP contribution is -2.43. The molecule has 1 N–H and O–H groups in total. The molecule has 0 spiro atoms. The van der Waals surface area contributed by atoms with Gasteiger partial charge in [-0.1, -0.05) is 11.6 Å². The molecule has 0 unspecified atom stereocenters. The molecular weight excluding hydrogens is 226 g/mol. The molecule has 1 aliphatic heterocycles. The highest BCUT2D eigenvalue weighted by molar-refractivity contribution is 6.33. The van der Waals surface area contributed by atoms with Crippen LogP contribution in [0.1, 0.15) is 36.8 Å². The second-order valence-corrected chi connectivity index (χ2v) is 4.94. The summed E-state index contributed by atoms with van der Waals surface area (Å²) in [6, 6.07) is 0.158. The lowest BCUT2D eigenvalue weighted by atomic mass is 9.95. The van der Waals surface area contributed by atoms with Gasteiger partial charge in [0, 0.05) is 12.5 Å². The molecule has 0 aromatic carbocycles. The fraction of sp³-hybridized carbons (Fsp3) is 0.636. The van der Waals surface area contributed by atoms with Gasteiger partial charge in [-0.15, -0.1) is 0 Å². The van der Waals surface area contributed by atoms with Crippen molar-refractivity contribution in [1.29, 1.82) is 0 Å². The molecule has 0 atom stereocenters. The Bertz CT molecular complexity index is 396. The van der Waals surface area contributed by atoms with Gasteiger partial charge in [-0.05, 0) is 32.9 Å². The van der Waals surface area contributed by atoms with Crippen LogP contribution in [-0.4, -0.2) is 28.7 Å². The van der Waals surface area contributed by atoms with Gasteiger partial charge < -0.3 is 5.32 Å². The highest BCUT2D eigenvalue weighted by Crippen LogP contribution is 2.22. The van der Waals surface area contributed by atoms with Crippen molar-refractivity contribution in [2.45, 2.75) is 26.3 Å². The van der Waals surface area contributed by atoms with E-state index in [0.29, 0.717) is 23.1 Å². The van der Waals surface area contributed by atoms with E-state index in [1.165, 1.54) is 0 Å². The average molecular weight is 242 g/mol. The minimum atomic E-state index is 0.0997.